The summed E-state index contributed by atoms with van der Waals surface area (Å²) in [7, 11) is -0.0789. The number of nitrogens with zero attached hydrogens (tertiary/aromatic N) is 2. The zero-order valence-electron chi connectivity index (χ0n) is 11.4. The quantitative estimate of drug-likeness (QED) is 0.326. The topological polar surface area (TPSA) is 119 Å². The molecule has 1 aromatic rings. The lowest BCUT2D eigenvalue weighted by molar-refractivity contribution is -0.385. The van der Waals surface area contributed by atoms with E-state index < -0.39 is 14.9 Å². The van der Waals surface area contributed by atoms with Gasteiger partial charge in [-0.25, -0.2) is 13.1 Å². The molecule has 1 aromatic carbocycles. The number of hydrogen-bond donors (Lipinski definition) is 2. The molecule has 0 atom stereocenters. The second-order valence-electron chi connectivity index (χ2n) is 4.53. The summed E-state index contributed by atoms with van der Waals surface area (Å²) in [5, 5.41) is 10.7. The van der Waals surface area contributed by atoms with Gasteiger partial charge in [-0.05, 0) is 33.1 Å². The lowest BCUT2D eigenvalue weighted by Crippen LogP contribution is -2.28. The number of anilines is 1. The highest BCUT2D eigenvalue weighted by Crippen LogP contribution is 2.23. The van der Waals surface area contributed by atoms with Crippen molar-refractivity contribution < 1.29 is 13.3 Å². The van der Waals surface area contributed by atoms with E-state index in [9.17, 15) is 18.5 Å². The van der Waals surface area contributed by atoms with Crippen LogP contribution in [0.5, 0.6) is 0 Å². The van der Waals surface area contributed by atoms with Gasteiger partial charge < -0.3 is 10.6 Å². The van der Waals surface area contributed by atoms with Crippen molar-refractivity contribution in [1.82, 2.24) is 9.62 Å². The van der Waals surface area contributed by atoms with Gasteiger partial charge in [0.15, 0.2) is 0 Å². The average molecular weight is 302 g/mol. The fourth-order valence-electron chi connectivity index (χ4n) is 1.55. The average Bonchev–Trinajstić information content (AvgIpc) is 2.34. The summed E-state index contributed by atoms with van der Waals surface area (Å²) in [6.07, 6.45) is 0.626. The van der Waals surface area contributed by atoms with Crippen LogP contribution in [0.15, 0.2) is 23.1 Å². The molecule has 0 amide bonds. The van der Waals surface area contributed by atoms with E-state index in [-0.39, 0.29) is 22.8 Å². The zero-order valence-corrected chi connectivity index (χ0v) is 12.2. The summed E-state index contributed by atoms with van der Waals surface area (Å²) in [4.78, 5) is 11.7. The number of sulfonamides is 1. The molecule has 0 aliphatic rings. The summed E-state index contributed by atoms with van der Waals surface area (Å²) in [5.74, 6) is 0. The van der Waals surface area contributed by atoms with Crippen LogP contribution in [-0.2, 0) is 10.0 Å². The van der Waals surface area contributed by atoms with Gasteiger partial charge in [0.05, 0.1) is 10.6 Å². The Hall–Kier alpha value is -1.71. The van der Waals surface area contributed by atoms with Crippen molar-refractivity contribution >= 4 is 21.4 Å². The molecule has 0 bridgehead atoms. The van der Waals surface area contributed by atoms with Gasteiger partial charge in [-0.15, -0.1) is 0 Å². The summed E-state index contributed by atoms with van der Waals surface area (Å²) in [5.41, 5.74) is 5.25. The van der Waals surface area contributed by atoms with Gasteiger partial charge in [0.1, 0.15) is 4.90 Å². The molecule has 0 fully saturated rings. The van der Waals surface area contributed by atoms with Gasteiger partial charge in [-0.1, -0.05) is 0 Å². The summed E-state index contributed by atoms with van der Waals surface area (Å²) >= 11 is 0. The van der Waals surface area contributed by atoms with Crippen LogP contribution >= 0.6 is 0 Å². The predicted molar refractivity (Wildman–Crippen MR) is 75.9 cm³/mol. The number of benzene rings is 1. The highest BCUT2D eigenvalue weighted by atomic mass is 32.2. The van der Waals surface area contributed by atoms with E-state index in [1.807, 2.05) is 19.0 Å². The Morgan fingerprint density at radius 3 is 2.60 bits per heavy atom. The van der Waals surface area contributed by atoms with Crippen molar-refractivity contribution in [2.24, 2.45) is 0 Å². The van der Waals surface area contributed by atoms with Crippen LogP contribution in [0, 0.1) is 10.1 Å². The Balaban J connectivity index is 2.86. The van der Waals surface area contributed by atoms with Crippen LogP contribution in [0.4, 0.5) is 11.4 Å². The zero-order chi connectivity index (χ0) is 15.3. The number of nitrogens with one attached hydrogen (secondary N) is 1. The third kappa shape index (κ3) is 4.44. The lowest BCUT2D eigenvalue weighted by Gasteiger charge is -2.11. The largest absolute Gasteiger partial charge is 0.398 e. The molecular weight excluding hydrogens is 284 g/mol. The third-order valence-electron chi connectivity index (χ3n) is 2.57. The standard InChI is InChI=1S/C11H18N4O4S/c1-14(2)7-3-6-13-20(18,19)11-8-9(15(16)17)4-5-10(11)12/h4-5,8,13H,3,6-7,12H2,1-2H3. The first-order valence-electron chi connectivity index (χ1n) is 5.92. The van der Waals surface area contributed by atoms with E-state index >= 15 is 0 Å². The van der Waals surface area contributed by atoms with E-state index in [0.29, 0.717) is 6.42 Å². The van der Waals surface area contributed by atoms with Crippen LogP contribution in [0.2, 0.25) is 0 Å². The van der Waals surface area contributed by atoms with E-state index in [1.54, 1.807) is 0 Å². The molecule has 112 valence electrons. The number of nitrogen functional groups attached to an aromatic ring is 1. The monoisotopic (exact) mass is 302 g/mol. The van der Waals surface area contributed by atoms with Crippen LogP contribution in [-0.4, -0.2) is 45.4 Å². The third-order valence-corrected chi connectivity index (χ3v) is 4.09. The van der Waals surface area contributed by atoms with Gasteiger partial charge in [0.25, 0.3) is 5.69 Å². The molecule has 0 aromatic heterocycles. The van der Waals surface area contributed by atoms with E-state index in [0.717, 1.165) is 12.6 Å². The number of nitro benzene ring substituents is 1. The fraction of sp³-hybridized carbons (Fsp3) is 0.455. The number of nitro groups is 1. The van der Waals surface area contributed by atoms with Gasteiger partial charge in [0.2, 0.25) is 10.0 Å². The molecule has 1 rings (SSSR count). The number of nitrogens with two attached hydrogens (primary N) is 1. The minimum atomic E-state index is -3.84. The normalized spacial score (nSPS) is 11.8. The molecular formula is C11H18N4O4S. The van der Waals surface area contributed by atoms with Gasteiger partial charge in [-0.3, -0.25) is 10.1 Å². The summed E-state index contributed by atoms with van der Waals surface area (Å²) < 4.78 is 26.5. The fourth-order valence-corrected chi connectivity index (χ4v) is 2.77. The predicted octanol–water partition coefficient (Wildman–Crippen LogP) is 0.407. The Morgan fingerprint density at radius 2 is 2.05 bits per heavy atom. The van der Waals surface area contributed by atoms with Crippen molar-refractivity contribution in [3.63, 3.8) is 0 Å². The van der Waals surface area contributed by atoms with E-state index in [2.05, 4.69) is 4.72 Å². The Kier molecular flexibility index (Phi) is 5.43. The Bertz CT molecular complexity index is 586. The smallest absolute Gasteiger partial charge is 0.270 e. The molecule has 0 aliphatic carbocycles. The maximum atomic E-state index is 12.0. The van der Waals surface area contributed by atoms with Crippen molar-refractivity contribution in [3.8, 4) is 0 Å². The van der Waals surface area contributed by atoms with Crippen molar-refractivity contribution in [3.05, 3.63) is 28.3 Å². The second-order valence-corrected chi connectivity index (χ2v) is 6.27. The van der Waals surface area contributed by atoms with Crippen molar-refractivity contribution in [2.45, 2.75) is 11.3 Å². The highest BCUT2D eigenvalue weighted by molar-refractivity contribution is 7.89. The molecule has 9 heteroatoms. The van der Waals surface area contributed by atoms with Crippen LogP contribution < -0.4 is 10.5 Å². The summed E-state index contributed by atoms with van der Waals surface area (Å²) in [6.45, 7) is 0.968. The molecule has 0 saturated heterocycles. The first-order chi connectivity index (χ1) is 9.24. The molecule has 0 radical (unpaired) electrons. The molecule has 0 saturated carbocycles. The maximum absolute atomic E-state index is 12.0. The molecule has 0 heterocycles. The number of hydrogen-bond acceptors (Lipinski definition) is 6. The van der Waals surface area contributed by atoms with Crippen molar-refractivity contribution in [2.75, 3.05) is 32.9 Å². The summed E-state index contributed by atoms with van der Waals surface area (Å²) in [6, 6.07) is 3.34. The van der Waals surface area contributed by atoms with E-state index in [1.165, 1.54) is 12.1 Å². The first kappa shape index (κ1) is 16.3. The molecule has 20 heavy (non-hydrogen) atoms. The van der Waals surface area contributed by atoms with Gasteiger partial charge in [-0.2, -0.15) is 0 Å². The van der Waals surface area contributed by atoms with Gasteiger partial charge >= 0.3 is 0 Å². The molecule has 0 aliphatic heterocycles. The van der Waals surface area contributed by atoms with E-state index in [4.69, 9.17) is 5.73 Å². The van der Waals surface area contributed by atoms with Crippen molar-refractivity contribution in [1.29, 1.82) is 0 Å². The number of non-ortho nitro benzene ring substituents is 1. The minimum Gasteiger partial charge on any atom is -0.398 e. The highest BCUT2D eigenvalue weighted by Gasteiger charge is 2.20. The van der Waals surface area contributed by atoms with Crippen LogP contribution in [0.3, 0.4) is 0 Å². The maximum Gasteiger partial charge on any atom is 0.270 e. The Labute approximate surface area is 117 Å². The SMILES string of the molecule is CN(C)CCCNS(=O)(=O)c1cc([N+](=O)[O-])ccc1N. The minimum absolute atomic E-state index is 0.0179. The Morgan fingerprint density at radius 1 is 1.40 bits per heavy atom. The molecule has 3 N–H and O–H groups in total. The second kappa shape index (κ2) is 6.64. The first-order valence-corrected chi connectivity index (χ1v) is 7.40. The van der Waals surface area contributed by atoms with Crippen LogP contribution in [0.1, 0.15) is 6.42 Å². The molecule has 0 unspecified atom stereocenters. The molecule has 8 nitrogen and oxygen atoms in total. The van der Waals surface area contributed by atoms with Crippen LogP contribution in [0.25, 0.3) is 0 Å². The lowest BCUT2D eigenvalue weighted by atomic mass is 10.3. The van der Waals surface area contributed by atoms with Gasteiger partial charge in [0, 0.05) is 18.7 Å². The molecule has 0 spiro atoms. The number of rotatable bonds is 7.